The third-order valence-electron chi connectivity index (χ3n) is 2.47. The zero-order valence-corrected chi connectivity index (χ0v) is 33.1. The molecule has 8 nitrogen and oxygen atoms in total. The van der Waals surface area contributed by atoms with E-state index in [1.807, 2.05) is 0 Å². The van der Waals surface area contributed by atoms with E-state index in [0.29, 0.717) is 7.92 Å². The number of hydrogen-bond acceptors (Lipinski definition) is 8. The summed E-state index contributed by atoms with van der Waals surface area (Å²) in [6.45, 7) is 0. The van der Waals surface area contributed by atoms with Gasteiger partial charge < -0.3 is 0 Å². The zero-order valence-electron chi connectivity index (χ0n) is 13.5. The van der Waals surface area contributed by atoms with Crippen molar-refractivity contribution in [2.24, 2.45) is 4.52 Å². The van der Waals surface area contributed by atoms with Crippen molar-refractivity contribution >= 4 is 237 Å². The molecule has 0 bridgehead atoms. The van der Waals surface area contributed by atoms with E-state index in [1.54, 1.807) is 0 Å². The Morgan fingerprint density at radius 1 is 0.719 bits per heavy atom. The predicted molar refractivity (Wildman–Crippen MR) is 172 cm³/mol. The normalized spacial score (nSPS) is 40.6. The fourth-order valence-electron chi connectivity index (χ4n) is 1.25. The van der Waals surface area contributed by atoms with Crippen LogP contribution >= 0.6 is 237 Å². The van der Waals surface area contributed by atoms with Gasteiger partial charge in [-0.25, -0.2) is 0 Å². The summed E-state index contributed by atoms with van der Waals surface area (Å²) in [5.74, 6) is -3.77. The molecule has 0 aliphatic carbocycles. The summed E-state index contributed by atoms with van der Waals surface area (Å²) in [6, 6.07) is 0. The third-order valence-corrected chi connectivity index (χ3v) is 47.9. The number of hydrogen-bond donors (Lipinski definition) is 3. The fourth-order valence-corrected chi connectivity index (χ4v) is 49.2. The van der Waals surface area contributed by atoms with Crippen molar-refractivity contribution in [3.63, 3.8) is 0 Å². The second kappa shape index (κ2) is 12.7. The summed E-state index contributed by atoms with van der Waals surface area (Å²) < 4.78 is 5.19. The summed E-state index contributed by atoms with van der Waals surface area (Å²) in [5.41, 5.74) is 0. The van der Waals surface area contributed by atoms with Crippen LogP contribution in [-0.4, -0.2) is 15.8 Å². The maximum atomic E-state index is 6.43. The molecule has 0 spiro atoms. The van der Waals surface area contributed by atoms with Crippen LogP contribution < -0.4 is 14.6 Å². The zero-order chi connectivity index (χ0) is 25.7. The minimum absolute atomic E-state index is 0.0564. The molecule has 0 aromatic heterocycles. The number of halogens is 16. The van der Waals surface area contributed by atoms with Crippen molar-refractivity contribution < 1.29 is 0 Å². The van der Waals surface area contributed by atoms with Gasteiger partial charge in [0, 0.05) is 0 Å². The monoisotopic (exact) mass is 925 g/mol. The predicted octanol–water partition coefficient (Wildman–Crippen LogP) is 14.5. The Labute approximate surface area is 268 Å². The summed E-state index contributed by atoms with van der Waals surface area (Å²) in [5, 5.41) is 0. The molecular formula is H6Cl16N8P8. The van der Waals surface area contributed by atoms with Gasteiger partial charge in [-0.1, -0.05) is 0 Å². The van der Waals surface area contributed by atoms with Gasteiger partial charge in [0.15, 0.2) is 0 Å². The van der Waals surface area contributed by atoms with Crippen LogP contribution in [0.5, 0.6) is 0 Å². The van der Waals surface area contributed by atoms with Crippen LogP contribution in [-0.2, 0) is 0 Å². The van der Waals surface area contributed by atoms with Gasteiger partial charge in [-0.2, -0.15) is 0 Å². The average Bonchev–Trinajstić information content (AvgIpc) is 2.62. The van der Waals surface area contributed by atoms with Crippen LogP contribution in [0.1, 0.15) is 0 Å². The Balaban J connectivity index is 3.78. The molecule has 1 aliphatic heterocycles. The maximum absolute atomic E-state index is 6.43. The molecule has 0 saturated heterocycles. The molecule has 1 aliphatic rings. The van der Waals surface area contributed by atoms with E-state index in [-0.39, 0.29) is 25.7 Å². The van der Waals surface area contributed by atoms with E-state index in [0.717, 1.165) is 0 Å². The van der Waals surface area contributed by atoms with Crippen LogP contribution in [0.15, 0.2) is 4.52 Å². The van der Waals surface area contributed by atoms with Crippen LogP contribution in [0.2, 0.25) is 0 Å². The van der Waals surface area contributed by atoms with Crippen molar-refractivity contribution in [3.8, 4) is 0 Å². The first-order valence-corrected chi connectivity index (χ1v) is 30.8. The Hall–Kier alpha value is 7.60. The Kier molecular flexibility index (Phi) is 14.9. The topological polar surface area (TPSA) is 61.4 Å². The molecule has 4 atom stereocenters. The minimum atomic E-state index is -5.68. The molecule has 0 aromatic carbocycles. The van der Waals surface area contributed by atoms with E-state index in [4.69, 9.17) is 182 Å². The molecule has 198 valence electrons. The Morgan fingerprint density at radius 2 is 1.19 bits per heavy atom. The van der Waals surface area contributed by atoms with E-state index in [1.165, 1.54) is 0 Å². The standard InChI is InChI=1S/Cl16H6N8P8/c1-21-28(5)19-26-17-25-18-27-20-29(6,7)22(2)31(11,12,13)24(4)32(14,15,16)23(3)30(21,8,9)10/h17-19,25-27H. The second-order valence-corrected chi connectivity index (χ2v) is 48.9. The van der Waals surface area contributed by atoms with Crippen molar-refractivity contribution in [3.05, 3.63) is 0 Å². The van der Waals surface area contributed by atoms with Crippen LogP contribution in [0.25, 0.3) is 0 Å². The molecule has 1 heterocycles. The van der Waals surface area contributed by atoms with Crippen LogP contribution in [0.3, 0.4) is 0 Å². The first-order chi connectivity index (χ1) is 13.8. The summed E-state index contributed by atoms with van der Waals surface area (Å²) in [4.78, 5) is -7.91. The van der Waals surface area contributed by atoms with Crippen molar-refractivity contribution in [1.29, 1.82) is 0 Å². The molecule has 0 saturated carbocycles. The Bertz CT molecular complexity index is 744. The second-order valence-electron chi connectivity index (χ2n) is 4.71. The molecule has 1 rings (SSSR count). The molecule has 0 fully saturated rings. The van der Waals surface area contributed by atoms with Gasteiger partial charge in [-0.05, 0) is 0 Å². The van der Waals surface area contributed by atoms with Crippen molar-refractivity contribution in [2.75, 3.05) is 0 Å². The average molecular weight is 933 g/mol. The molecule has 0 amide bonds. The van der Waals surface area contributed by atoms with E-state index in [2.05, 4.69) is 19.1 Å². The quantitative estimate of drug-likeness (QED) is 0.165. The number of nitrogens with one attached hydrogen (secondary N) is 3. The van der Waals surface area contributed by atoms with E-state index < -0.39 is 37.3 Å². The first-order valence-electron chi connectivity index (χ1n) is 6.20. The first kappa shape index (κ1) is 37.6. The third kappa shape index (κ3) is 8.58. The summed E-state index contributed by atoms with van der Waals surface area (Å²) >= 11 is 101. The molecule has 32 heteroatoms. The van der Waals surface area contributed by atoms with E-state index in [9.17, 15) is 0 Å². The van der Waals surface area contributed by atoms with Gasteiger partial charge in [0.2, 0.25) is 0 Å². The van der Waals surface area contributed by atoms with Gasteiger partial charge in [0.1, 0.15) is 0 Å². The number of rotatable bonds is 0. The summed E-state index contributed by atoms with van der Waals surface area (Å²) in [6.07, 6.45) is 0. The molecule has 0 aromatic rings. The summed E-state index contributed by atoms with van der Waals surface area (Å²) in [7, 11) is -2.72. The van der Waals surface area contributed by atoms with Crippen LogP contribution in [0.4, 0.5) is 0 Å². The van der Waals surface area contributed by atoms with Gasteiger partial charge in [0.25, 0.3) is 0 Å². The molecule has 3 N–H and O–H groups in total. The molecular weight excluding hydrogens is 927 g/mol. The Morgan fingerprint density at radius 3 is 1.69 bits per heavy atom. The van der Waals surface area contributed by atoms with Crippen molar-refractivity contribution in [1.82, 2.24) is 30.4 Å². The van der Waals surface area contributed by atoms with Gasteiger partial charge >= 0.3 is 272 Å². The number of nitrogens with zero attached hydrogens (tertiary/aromatic N) is 5. The van der Waals surface area contributed by atoms with Crippen LogP contribution in [0, 0.1) is 0 Å². The molecule has 32 heavy (non-hydrogen) atoms. The van der Waals surface area contributed by atoms with Crippen molar-refractivity contribution in [2.45, 2.75) is 0 Å². The molecule has 4 unspecified atom stereocenters. The fraction of sp³-hybridized carbons (Fsp3) is 0. The molecule has 0 radical (unpaired) electrons. The van der Waals surface area contributed by atoms with E-state index >= 15 is 0 Å². The van der Waals surface area contributed by atoms with Gasteiger partial charge in [0.05, 0.1) is 0 Å². The SMILES string of the molecule is ClN1P(Cl)NPNPNPN=P(Cl)(Cl)N(Cl)P(Cl)(Cl)(Cl)N(Cl)P(Cl)(Cl)(Cl)N(Cl)P1(Cl)(Cl)Cl. The van der Waals surface area contributed by atoms with Gasteiger partial charge in [-0.15, -0.1) is 0 Å². The van der Waals surface area contributed by atoms with Gasteiger partial charge in [-0.3, -0.25) is 0 Å².